The minimum Gasteiger partial charge on any atom is -0.762 e. The fourth-order valence-electron chi connectivity index (χ4n) is 0.0750. The molecule has 0 saturated heterocycles. The summed E-state index contributed by atoms with van der Waals surface area (Å²) in [4.78, 5) is 0. The molecule has 0 aliphatic carbocycles. The molecule has 0 heterocycles. The average molecular weight is 150 g/mol. The van der Waals surface area contributed by atoms with Crippen molar-refractivity contribution >= 4 is 11.8 Å². The van der Waals surface area contributed by atoms with Crippen molar-refractivity contribution < 1.29 is 5.41 Å². The summed E-state index contributed by atoms with van der Waals surface area (Å²) in [6.45, 7) is 0. The van der Waals surface area contributed by atoms with Crippen LogP contribution in [0.1, 0.15) is 0 Å². The molecule has 6 heteroatoms. The van der Waals surface area contributed by atoms with Gasteiger partial charge >= 0.3 is 5.96 Å². The maximum Gasteiger partial charge on any atom is 0.336 e. The van der Waals surface area contributed by atoms with E-state index in [1.807, 2.05) is 0 Å². The summed E-state index contributed by atoms with van der Waals surface area (Å²) in [6.07, 6.45) is 0. The zero-order chi connectivity index (χ0) is 9.28. The summed E-state index contributed by atoms with van der Waals surface area (Å²) < 4.78 is 0. The predicted octanol–water partition coefficient (Wildman–Crippen LogP) is -2.78. The number of rotatable bonds is 0. The van der Waals surface area contributed by atoms with Gasteiger partial charge in [-0.05, 0) is 0 Å². The smallest absolute Gasteiger partial charge is 0.336 e. The third kappa shape index (κ3) is 18.3. The molecule has 11 heavy (non-hydrogen) atoms. The zero-order valence-corrected chi connectivity index (χ0v) is 5.57. The van der Waals surface area contributed by atoms with Gasteiger partial charge in [-0.25, -0.2) is 5.87 Å². The van der Waals surface area contributed by atoms with Gasteiger partial charge in [0, 0.05) is 0 Å². The van der Waals surface area contributed by atoms with E-state index in [9.17, 15) is 0 Å². The fourth-order valence-corrected chi connectivity index (χ4v) is 0.0750. The van der Waals surface area contributed by atoms with Gasteiger partial charge in [0.1, 0.15) is 17.7 Å². The number of allylic oxidation sites excluding steroid dienone is 1. The Labute approximate surface area is 63.4 Å². The Morgan fingerprint density at radius 3 is 1.55 bits per heavy atom. The van der Waals surface area contributed by atoms with Crippen LogP contribution in [-0.4, -0.2) is 11.8 Å². The second-order valence-corrected chi connectivity index (χ2v) is 1.21. The Kier molecular flexibility index (Phi) is 8.04. The first-order chi connectivity index (χ1) is 5.08. The van der Waals surface area contributed by atoms with Gasteiger partial charge in [-0.3, -0.25) is 16.9 Å². The first kappa shape index (κ1) is 11.5. The SMILES string of the molecule is N#CC(=C=[N-])C#N.NC(N)=[NH2+]. The molecule has 6 N–H and O–H groups in total. The summed E-state index contributed by atoms with van der Waals surface area (Å²) in [5, 5.41) is 28.0. The lowest BCUT2D eigenvalue weighted by atomic mass is 10.4. The molecule has 0 fully saturated rings. The number of hydrogen-bond acceptors (Lipinski definition) is 2. The van der Waals surface area contributed by atoms with Gasteiger partial charge in [-0.15, -0.1) is 0 Å². The number of guanidine groups is 1. The van der Waals surface area contributed by atoms with Crippen LogP contribution in [0, 0.1) is 22.7 Å². The number of nitrogens with zero attached hydrogens (tertiary/aromatic N) is 3. The Balaban J connectivity index is 0. The van der Waals surface area contributed by atoms with Crippen LogP contribution in [0.25, 0.3) is 5.41 Å². The topological polar surface area (TPSA) is 148 Å². The molecule has 0 spiro atoms. The molecule has 0 amide bonds. The van der Waals surface area contributed by atoms with Gasteiger partial charge in [-0.2, -0.15) is 10.5 Å². The van der Waals surface area contributed by atoms with Crippen molar-refractivity contribution in [2.75, 3.05) is 0 Å². The molecule has 0 saturated carbocycles. The number of nitrogens with two attached hydrogens (primary N) is 3. The highest BCUT2D eigenvalue weighted by Crippen LogP contribution is 1.75. The Bertz CT molecular complexity index is 238. The maximum absolute atomic E-state index is 7.79. The highest BCUT2D eigenvalue weighted by Gasteiger charge is 1.77. The first-order valence-corrected chi connectivity index (χ1v) is 2.29. The number of nitriles is 2. The van der Waals surface area contributed by atoms with Crippen molar-refractivity contribution in [1.29, 1.82) is 10.5 Å². The van der Waals surface area contributed by atoms with Crippen LogP contribution in [0.5, 0.6) is 0 Å². The average Bonchev–Trinajstić information content (AvgIpc) is 1.90. The molecule has 0 aliphatic rings. The minimum atomic E-state index is -0.403. The Morgan fingerprint density at radius 2 is 1.55 bits per heavy atom. The van der Waals surface area contributed by atoms with Crippen molar-refractivity contribution in [3.05, 3.63) is 11.0 Å². The molecular formula is C5H6N6. The summed E-state index contributed by atoms with van der Waals surface area (Å²) in [5.41, 5.74) is 8.76. The molecule has 6 nitrogen and oxygen atoms in total. The van der Waals surface area contributed by atoms with E-state index in [2.05, 4.69) is 16.9 Å². The van der Waals surface area contributed by atoms with Gasteiger partial charge in [0.05, 0.1) is 0 Å². The summed E-state index contributed by atoms with van der Waals surface area (Å²) >= 11 is 0. The molecule has 0 atom stereocenters. The van der Waals surface area contributed by atoms with E-state index >= 15 is 0 Å². The van der Waals surface area contributed by atoms with E-state index in [4.69, 9.17) is 15.9 Å². The van der Waals surface area contributed by atoms with Gasteiger partial charge < -0.3 is 5.41 Å². The Morgan fingerprint density at radius 1 is 1.27 bits per heavy atom. The van der Waals surface area contributed by atoms with Gasteiger partial charge in [0.15, 0.2) is 0 Å². The van der Waals surface area contributed by atoms with E-state index in [1.165, 1.54) is 18.0 Å². The largest absolute Gasteiger partial charge is 0.762 e. The van der Waals surface area contributed by atoms with Crippen LogP contribution in [0.15, 0.2) is 5.57 Å². The monoisotopic (exact) mass is 150 g/mol. The molecule has 0 rings (SSSR count). The van der Waals surface area contributed by atoms with Crippen molar-refractivity contribution in [2.45, 2.75) is 0 Å². The van der Waals surface area contributed by atoms with E-state index in [0.29, 0.717) is 0 Å². The standard InChI is InChI=1S/C4N3.CH5N3/c5-1-4(2-6)3-7;2-1(3)4/h;(H5,2,3,4)/q-1;/p+1. The third-order valence-electron chi connectivity index (χ3n) is 0.335. The summed E-state index contributed by atoms with van der Waals surface area (Å²) in [5.74, 6) is 1.31. The third-order valence-corrected chi connectivity index (χ3v) is 0.335. The highest BCUT2D eigenvalue weighted by molar-refractivity contribution is 5.71. The van der Waals surface area contributed by atoms with Crippen molar-refractivity contribution in [3.8, 4) is 12.1 Å². The van der Waals surface area contributed by atoms with Gasteiger partial charge in [0.2, 0.25) is 0 Å². The second kappa shape index (κ2) is 7.70. The molecule has 0 aromatic rings. The highest BCUT2D eigenvalue weighted by atomic mass is 14.9. The van der Waals surface area contributed by atoms with E-state index in [-0.39, 0.29) is 5.96 Å². The van der Waals surface area contributed by atoms with Crippen LogP contribution in [0.2, 0.25) is 0 Å². The molecule has 0 aromatic carbocycles. The fraction of sp³-hybridized carbons (Fsp3) is 0. The summed E-state index contributed by atoms with van der Waals surface area (Å²) in [7, 11) is 0. The van der Waals surface area contributed by atoms with E-state index in [1.54, 1.807) is 0 Å². The first-order valence-electron chi connectivity index (χ1n) is 2.29. The van der Waals surface area contributed by atoms with E-state index < -0.39 is 5.57 Å². The summed E-state index contributed by atoms with van der Waals surface area (Å²) in [6, 6.07) is 2.79. The lowest BCUT2D eigenvalue weighted by Gasteiger charge is -1.68. The Hall–Kier alpha value is -2.30. The molecular weight excluding hydrogens is 144 g/mol. The maximum atomic E-state index is 7.79. The lowest BCUT2D eigenvalue weighted by Crippen LogP contribution is -2.51. The predicted molar refractivity (Wildman–Crippen MR) is 38.4 cm³/mol. The van der Waals surface area contributed by atoms with Gasteiger partial charge in [-0.1, -0.05) is 0 Å². The minimum absolute atomic E-state index is 0.0833. The molecule has 0 aromatic heterocycles. The molecule has 56 valence electrons. The van der Waals surface area contributed by atoms with Crippen LogP contribution in [0.3, 0.4) is 0 Å². The lowest BCUT2D eigenvalue weighted by molar-refractivity contribution is -0.116. The van der Waals surface area contributed by atoms with Crippen LogP contribution >= 0.6 is 0 Å². The van der Waals surface area contributed by atoms with Gasteiger partial charge in [0.25, 0.3) is 0 Å². The number of hydrogen-bond donors (Lipinski definition) is 3. The van der Waals surface area contributed by atoms with Crippen molar-refractivity contribution in [2.24, 2.45) is 11.5 Å². The quantitative estimate of drug-likeness (QED) is 0.194. The van der Waals surface area contributed by atoms with Crippen LogP contribution in [0.4, 0.5) is 0 Å². The molecule has 0 unspecified atom stereocenters. The molecule has 0 aliphatic heterocycles. The second-order valence-electron chi connectivity index (χ2n) is 1.21. The van der Waals surface area contributed by atoms with E-state index in [0.717, 1.165) is 0 Å². The van der Waals surface area contributed by atoms with Crippen LogP contribution < -0.4 is 16.9 Å². The van der Waals surface area contributed by atoms with Crippen molar-refractivity contribution in [3.63, 3.8) is 0 Å². The van der Waals surface area contributed by atoms with Crippen molar-refractivity contribution in [1.82, 2.24) is 0 Å². The zero-order valence-electron chi connectivity index (χ0n) is 5.57. The molecule has 0 bridgehead atoms. The van der Waals surface area contributed by atoms with Crippen LogP contribution in [-0.2, 0) is 0 Å². The normalized spacial score (nSPS) is 5.27. The molecule has 0 radical (unpaired) electrons.